The lowest BCUT2D eigenvalue weighted by Crippen LogP contribution is -1.94. The minimum Gasteiger partial charge on any atom is -0.493 e. The van der Waals surface area contributed by atoms with Gasteiger partial charge < -0.3 is 14.2 Å². The maximum Gasteiger partial charge on any atom is 0.231 e. The van der Waals surface area contributed by atoms with Crippen molar-refractivity contribution in [3.8, 4) is 23.3 Å². The van der Waals surface area contributed by atoms with Crippen LogP contribution in [-0.4, -0.2) is 13.4 Å². The van der Waals surface area contributed by atoms with Gasteiger partial charge >= 0.3 is 0 Å². The predicted molar refractivity (Wildman–Crippen MR) is 91.4 cm³/mol. The molecule has 0 unspecified atom stereocenters. The number of benzene rings is 2. The van der Waals surface area contributed by atoms with Gasteiger partial charge in [-0.3, -0.25) is 0 Å². The first-order chi connectivity index (χ1) is 11.2. The van der Waals surface area contributed by atoms with Crippen molar-refractivity contribution in [3.63, 3.8) is 0 Å². The number of rotatable bonds is 4. The minimum atomic E-state index is 0.199. The van der Waals surface area contributed by atoms with Crippen LogP contribution in [0.3, 0.4) is 0 Å². The second-order valence-corrected chi connectivity index (χ2v) is 5.77. The summed E-state index contributed by atoms with van der Waals surface area (Å²) in [6, 6.07) is 13.5. The molecule has 0 aliphatic carbocycles. The third-order valence-corrected chi connectivity index (χ3v) is 3.85. The average molecular weight is 372 g/mol. The number of nitrogens with zero attached hydrogens (tertiary/aromatic N) is 1. The summed E-state index contributed by atoms with van der Waals surface area (Å²) in [5.41, 5.74) is 2.17. The molecule has 0 saturated heterocycles. The first kappa shape index (κ1) is 15.4. The van der Waals surface area contributed by atoms with Gasteiger partial charge in [0.15, 0.2) is 11.5 Å². The number of hydrogen-bond donors (Lipinski definition) is 0. The van der Waals surface area contributed by atoms with Crippen LogP contribution >= 0.6 is 15.9 Å². The van der Waals surface area contributed by atoms with Crippen LogP contribution in [0, 0.1) is 11.3 Å². The lowest BCUT2D eigenvalue weighted by atomic mass is 10.0. The number of hydrogen-bond acceptors (Lipinski definition) is 4. The van der Waals surface area contributed by atoms with Gasteiger partial charge in [-0.25, -0.2) is 0 Å². The Morgan fingerprint density at radius 1 is 1.30 bits per heavy atom. The summed E-state index contributed by atoms with van der Waals surface area (Å²) >= 11 is 3.43. The predicted octanol–water partition coefficient (Wildman–Crippen LogP) is 4.64. The van der Waals surface area contributed by atoms with Gasteiger partial charge in [-0.1, -0.05) is 28.1 Å². The normalized spacial score (nSPS) is 12.8. The van der Waals surface area contributed by atoms with Gasteiger partial charge in [0.2, 0.25) is 6.79 Å². The van der Waals surface area contributed by atoms with E-state index in [4.69, 9.17) is 14.2 Å². The van der Waals surface area contributed by atoms with Gasteiger partial charge in [0.25, 0.3) is 0 Å². The molecule has 0 atom stereocenters. The zero-order valence-electron chi connectivity index (χ0n) is 12.5. The Balaban J connectivity index is 2.07. The van der Waals surface area contributed by atoms with E-state index in [2.05, 4.69) is 22.0 Å². The molecule has 5 heteroatoms. The highest BCUT2D eigenvalue weighted by atomic mass is 79.9. The molecule has 0 fully saturated rings. The van der Waals surface area contributed by atoms with Gasteiger partial charge in [0.1, 0.15) is 5.75 Å². The molecule has 116 valence electrons. The molecule has 0 spiro atoms. The molecule has 4 nitrogen and oxygen atoms in total. The van der Waals surface area contributed by atoms with Crippen molar-refractivity contribution in [1.82, 2.24) is 0 Å². The fourth-order valence-electron chi connectivity index (χ4n) is 2.32. The number of halogens is 1. The highest BCUT2D eigenvalue weighted by Gasteiger charge is 2.17. The maximum absolute atomic E-state index is 9.52. The molecule has 1 heterocycles. The summed E-state index contributed by atoms with van der Waals surface area (Å²) in [5.74, 6) is 1.98. The summed E-state index contributed by atoms with van der Waals surface area (Å²) in [4.78, 5) is 0. The largest absolute Gasteiger partial charge is 0.493 e. The minimum absolute atomic E-state index is 0.199. The SMILES string of the molecule is CCOc1cc2c(cc1C=C(C#N)c1cccc(Br)c1)OCO2. The van der Waals surface area contributed by atoms with Crippen molar-refractivity contribution in [1.29, 1.82) is 5.26 Å². The molecule has 23 heavy (non-hydrogen) atoms. The number of fused-ring (bicyclic) bond motifs is 1. The van der Waals surface area contributed by atoms with Gasteiger partial charge in [0.05, 0.1) is 18.2 Å². The zero-order valence-corrected chi connectivity index (χ0v) is 14.1. The van der Waals surface area contributed by atoms with Crippen LogP contribution in [0.15, 0.2) is 40.9 Å². The number of ether oxygens (including phenoxy) is 3. The maximum atomic E-state index is 9.52. The van der Waals surface area contributed by atoms with Gasteiger partial charge in [-0.2, -0.15) is 5.26 Å². The first-order valence-electron chi connectivity index (χ1n) is 7.15. The van der Waals surface area contributed by atoms with Crippen LogP contribution in [0.5, 0.6) is 17.2 Å². The Morgan fingerprint density at radius 2 is 2.09 bits per heavy atom. The molecular formula is C18H14BrNO3. The Labute approximate surface area is 143 Å². The van der Waals surface area contributed by atoms with E-state index in [1.807, 2.05) is 37.3 Å². The lowest BCUT2D eigenvalue weighted by Gasteiger charge is -2.09. The highest BCUT2D eigenvalue weighted by molar-refractivity contribution is 9.10. The molecule has 0 amide bonds. The monoisotopic (exact) mass is 371 g/mol. The summed E-state index contributed by atoms with van der Waals surface area (Å²) in [6.07, 6.45) is 1.80. The molecule has 1 aliphatic heterocycles. The molecule has 1 aliphatic rings. The topological polar surface area (TPSA) is 51.5 Å². The van der Waals surface area contributed by atoms with E-state index in [0.29, 0.717) is 29.4 Å². The van der Waals surface area contributed by atoms with Crippen molar-refractivity contribution in [2.45, 2.75) is 6.92 Å². The van der Waals surface area contributed by atoms with Crippen molar-refractivity contribution in [2.75, 3.05) is 13.4 Å². The number of allylic oxidation sites excluding steroid dienone is 1. The third-order valence-electron chi connectivity index (χ3n) is 3.36. The second kappa shape index (κ2) is 6.76. The average Bonchev–Trinajstić information content (AvgIpc) is 3.00. The van der Waals surface area contributed by atoms with Crippen molar-refractivity contribution >= 4 is 27.6 Å². The third kappa shape index (κ3) is 3.33. The van der Waals surface area contributed by atoms with Gasteiger partial charge in [-0.15, -0.1) is 0 Å². The number of nitriles is 1. The van der Waals surface area contributed by atoms with Crippen LogP contribution in [0.2, 0.25) is 0 Å². The molecule has 0 bridgehead atoms. The fourth-order valence-corrected chi connectivity index (χ4v) is 2.72. The highest BCUT2D eigenvalue weighted by Crippen LogP contribution is 2.39. The summed E-state index contributed by atoms with van der Waals surface area (Å²) in [5, 5.41) is 9.52. The van der Waals surface area contributed by atoms with Crippen molar-refractivity contribution in [2.24, 2.45) is 0 Å². The molecule has 3 rings (SSSR count). The van der Waals surface area contributed by atoms with Crippen LogP contribution in [0.4, 0.5) is 0 Å². The van der Waals surface area contributed by atoms with E-state index in [9.17, 15) is 5.26 Å². The van der Waals surface area contributed by atoms with Gasteiger partial charge in [-0.05, 0) is 36.8 Å². The Kier molecular flexibility index (Phi) is 4.54. The molecule has 2 aromatic rings. The van der Waals surface area contributed by atoms with E-state index < -0.39 is 0 Å². The summed E-state index contributed by atoms with van der Waals surface area (Å²) < 4.78 is 17.4. The van der Waals surface area contributed by atoms with Crippen LogP contribution in [0.25, 0.3) is 11.6 Å². The Bertz CT molecular complexity index is 808. The molecule has 0 aromatic heterocycles. The lowest BCUT2D eigenvalue weighted by molar-refractivity contribution is 0.174. The summed E-state index contributed by atoms with van der Waals surface area (Å²) in [6.45, 7) is 2.64. The van der Waals surface area contributed by atoms with Crippen LogP contribution in [-0.2, 0) is 0 Å². The zero-order chi connectivity index (χ0) is 16.2. The van der Waals surface area contributed by atoms with E-state index >= 15 is 0 Å². The molecular weight excluding hydrogens is 358 g/mol. The molecule has 0 N–H and O–H groups in total. The van der Waals surface area contributed by atoms with Crippen LogP contribution in [0.1, 0.15) is 18.1 Å². The molecule has 0 saturated carbocycles. The fraction of sp³-hybridized carbons (Fsp3) is 0.167. The quantitative estimate of drug-likeness (QED) is 0.580. The van der Waals surface area contributed by atoms with E-state index in [1.54, 1.807) is 12.1 Å². The van der Waals surface area contributed by atoms with Gasteiger partial charge in [0, 0.05) is 16.1 Å². The smallest absolute Gasteiger partial charge is 0.231 e. The standard InChI is InChI=1S/C18H14BrNO3/c1-2-21-16-9-18-17(22-11-23-18)8-13(16)6-14(10-20)12-4-3-5-15(19)7-12/h3-9H,2,11H2,1H3. The van der Waals surface area contributed by atoms with Crippen LogP contribution < -0.4 is 14.2 Å². The second-order valence-electron chi connectivity index (χ2n) is 4.86. The Hall–Kier alpha value is -2.45. The van der Waals surface area contributed by atoms with E-state index in [0.717, 1.165) is 15.6 Å². The first-order valence-corrected chi connectivity index (χ1v) is 7.94. The van der Waals surface area contributed by atoms with E-state index in [-0.39, 0.29) is 6.79 Å². The summed E-state index contributed by atoms with van der Waals surface area (Å²) in [7, 11) is 0. The molecule has 0 radical (unpaired) electrons. The Morgan fingerprint density at radius 3 is 2.78 bits per heavy atom. The molecule has 2 aromatic carbocycles. The van der Waals surface area contributed by atoms with Crippen molar-refractivity contribution in [3.05, 3.63) is 52.0 Å². The van der Waals surface area contributed by atoms with Crippen molar-refractivity contribution < 1.29 is 14.2 Å². The van der Waals surface area contributed by atoms with E-state index in [1.165, 1.54) is 0 Å².